The van der Waals surface area contributed by atoms with Crippen LogP contribution in [0.15, 0.2) is 65.8 Å². The molecule has 0 aliphatic carbocycles. The molecule has 200 valence electrons. The average molecular weight is 493 g/mol. The summed E-state index contributed by atoms with van der Waals surface area (Å²) in [6.45, 7) is 24.4. The van der Waals surface area contributed by atoms with E-state index in [-0.39, 0.29) is 0 Å². The highest BCUT2D eigenvalue weighted by atomic mass is 16.5. The van der Waals surface area contributed by atoms with Gasteiger partial charge in [0.15, 0.2) is 11.5 Å². The second-order valence-corrected chi connectivity index (χ2v) is 10.4. The second-order valence-electron chi connectivity index (χ2n) is 10.4. The van der Waals surface area contributed by atoms with E-state index in [4.69, 9.17) is 9.47 Å². The van der Waals surface area contributed by atoms with Gasteiger partial charge in [0, 0.05) is 0 Å². The third-order valence-electron chi connectivity index (χ3n) is 6.62. The van der Waals surface area contributed by atoms with Crippen LogP contribution in [-0.2, 0) is 0 Å². The Kier molecular flexibility index (Phi) is 14.9. The van der Waals surface area contributed by atoms with Crippen molar-refractivity contribution in [3.63, 3.8) is 0 Å². The zero-order valence-corrected chi connectivity index (χ0v) is 24.6. The molecule has 0 aromatic heterocycles. The van der Waals surface area contributed by atoms with Gasteiger partial charge < -0.3 is 9.47 Å². The minimum Gasteiger partial charge on any atom is -0.493 e. The molecule has 1 atom stereocenters. The van der Waals surface area contributed by atoms with E-state index >= 15 is 0 Å². The Balaban J connectivity index is 2.95. The fraction of sp³-hybridized carbons (Fsp3) is 0.529. The van der Waals surface area contributed by atoms with Crippen molar-refractivity contribution < 1.29 is 9.47 Å². The Labute approximate surface area is 222 Å². The molecule has 0 radical (unpaired) electrons. The molecule has 0 saturated carbocycles. The van der Waals surface area contributed by atoms with E-state index in [1.165, 1.54) is 60.8 Å². The van der Waals surface area contributed by atoms with E-state index in [2.05, 4.69) is 85.1 Å². The average Bonchev–Trinajstić information content (AvgIpc) is 2.82. The summed E-state index contributed by atoms with van der Waals surface area (Å²) < 4.78 is 11.9. The molecule has 2 nitrogen and oxygen atoms in total. The molecule has 0 saturated heterocycles. The number of benzene rings is 1. The Morgan fingerprint density at radius 3 is 2.17 bits per heavy atom. The zero-order chi connectivity index (χ0) is 27.1. The smallest absolute Gasteiger partial charge is 0.161 e. The summed E-state index contributed by atoms with van der Waals surface area (Å²) in [5, 5.41) is 0. The molecule has 0 fully saturated rings. The molecular formula is C34H52O2. The Bertz CT molecular complexity index is 938. The number of ether oxygens (including phenoxy) is 2. The van der Waals surface area contributed by atoms with Gasteiger partial charge in [-0.25, -0.2) is 0 Å². The van der Waals surface area contributed by atoms with Crippen molar-refractivity contribution in [2.75, 3.05) is 13.7 Å². The molecule has 0 heterocycles. The third-order valence-corrected chi connectivity index (χ3v) is 6.62. The van der Waals surface area contributed by atoms with Crippen LogP contribution in [0.4, 0.5) is 0 Å². The SMILES string of the molecule is C=C(C)/C(=C\C=C(C)C)C(=C)/C=C(/CC)c1cc(OC)c(OCCCCC(C)CCCCC)cc1C. The number of rotatable bonds is 17. The lowest BCUT2D eigenvalue weighted by atomic mass is 9.92. The number of aryl methyl sites for hydroxylation is 1. The van der Waals surface area contributed by atoms with Gasteiger partial charge >= 0.3 is 0 Å². The van der Waals surface area contributed by atoms with E-state index in [9.17, 15) is 0 Å². The van der Waals surface area contributed by atoms with Crippen LogP contribution in [0.2, 0.25) is 0 Å². The summed E-state index contributed by atoms with van der Waals surface area (Å²) in [4.78, 5) is 0. The van der Waals surface area contributed by atoms with Gasteiger partial charge in [-0.1, -0.05) is 95.4 Å². The van der Waals surface area contributed by atoms with Gasteiger partial charge in [0.1, 0.15) is 0 Å². The number of allylic oxidation sites excluding steroid dienone is 8. The van der Waals surface area contributed by atoms with Crippen LogP contribution in [0, 0.1) is 12.8 Å². The second kappa shape index (κ2) is 17.1. The van der Waals surface area contributed by atoms with Gasteiger partial charge in [-0.2, -0.15) is 0 Å². The first-order chi connectivity index (χ1) is 17.1. The lowest BCUT2D eigenvalue weighted by molar-refractivity contribution is 0.280. The van der Waals surface area contributed by atoms with Crippen molar-refractivity contribution in [1.29, 1.82) is 0 Å². The van der Waals surface area contributed by atoms with Crippen LogP contribution in [0.1, 0.15) is 104 Å². The molecular weight excluding hydrogens is 440 g/mol. The van der Waals surface area contributed by atoms with Crippen molar-refractivity contribution in [3.8, 4) is 11.5 Å². The van der Waals surface area contributed by atoms with Gasteiger partial charge in [0.05, 0.1) is 13.7 Å². The molecule has 2 heteroatoms. The van der Waals surface area contributed by atoms with Crippen LogP contribution in [-0.4, -0.2) is 13.7 Å². The molecule has 1 rings (SSSR count). The fourth-order valence-corrected chi connectivity index (χ4v) is 4.38. The fourth-order valence-electron chi connectivity index (χ4n) is 4.38. The lowest BCUT2D eigenvalue weighted by Crippen LogP contribution is -2.03. The Morgan fingerprint density at radius 1 is 0.944 bits per heavy atom. The Morgan fingerprint density at radius 2 is 1.61 bits per heavy atom. The van der Waals surface area contributed by atoms with E-state index in [1.54, 1.807) is 7.11 Å². The maximum atomic E-state index is 6.17. The number of methoxy groups -OCH3 is 1. The van der Waals surface area contributed by atoms with Gasteiger partial charge in [0.2, 0.25) is 0 Å². The van der Waals surface area contributed by atoms with Gasteiger partial charge in [0.25, 0.3) is 0 Å². The molecule has 0 bridgehead atoms. The van der Waals surface area contributed by atoms with Crippen LogP contribution in [0.5, 0.6) is 11.5 Å². The van der Waals surface area contributed by atoms with Gasteiger partial charge in [-0.3, -0.25) is 0 Å². The predicted molar refractivity (Wildman–Crippen MR) is 160 cm³/mol. The summed E-state index contributed by atoms with van der Waals surface area (Å²) in [7, 11) is 1.72. The van der Waals surface area contributed by atoms with Crippen LogP contribution in [0.3, 0.4) is 0 Å². The molecule has 0 spiro atoms. The predicted octanol–water partition coefficient (Wildman–Crippen LogP) is 10.6. The zero-order valence-electron chi connectivity index (χ0n) is 24.6. The van der Waals surface area contributed by atoms with Crippen molar-refractivity contribution >= 4 is 5.57 Å². The molecule has 36 heavy (non-hydrogen) atoms. The first-order valence-corrected chi connectivity index (χ1v) is 13.9. The Hall–Kier alpha value is -2.48. The summed E-state index contributed by atoms with van der Waals surface area (Å²) in [5.41, 5.74) is 7.89. The highest BCUT2D eigenvalue weighted by molar-refractivity contribution is 5.74. The molecule has 0 aliphatic rings. The summed E-state index contributed by atoms with van der Waals surface area (Å²) >= 11 is 0. The molecule has 0 aliphatic heterocycles. The highest BCUT2D eigenvalue weighted by Gasteiger charge is 2.13. The molecule has 1 aromatic carbocycles. The molecule has 1 unspecified atom stereocenters. The summed E-state index contributed by atoms with van der Waals surface area (Å²) in [6.07, 6.45) is 16.2. The summed E-state index contributed by atoms with van der Waals surface area (Å²) in [5.74, 6) is 2.42. The van der Waals surface area contributed by atoms with Crippen molar-refractivity contribution in [2.24, 2.45) is 5.92 Å². The maximum absolute atomic E-state index is 6.17. The first kappa shape index (κ1) is 31.5. The maximum Gasteiger partial charge on any atom is 0.161 e. The molecule has 0 amide bonds. The minimum absolute atomic E-state index is 0.723. The van der Waals surface area contributed by atoms with Gasteiger partial charge in [-0.05, 0) is 92.9 Å². The number of hydrogen-bond donors (Lipinski definition) is 0. The van der Waals surface area contributed by atoms with E-state index in [0.29, 0.717) is 0 Å². The van der Waals surface area contributed by atoms with Crippen LogP contribution < -0.4 is 9.47 Å². The molecule has 0 N–H and O–H groups in total. The monoisotopic (exact) mass is 492 g/mol. The topological polar surface area (TPSA) is 18.5 Å². The van der Waals surface area contributed by atoms with Crippen LogP contribution in [0.25, 0.3) is 5.57 Å². The van der Waals surface area contributed by atoms with E-state index in [1.807, 2.05) is 6.92 Å². The van der Waals surface area contributed by atoms with Crippen molar-refractivity contribution in [1.82, 2.24) is 0 Å². The normalized spacial score (nSPS) is 12.8. The molecule has 1 aromatic rings. The van der Waals surface area contributed by atoms with Gasteiger partial charge in [-0.15, -0.1) is 0 Å². The largest absolute Gasteiger partial charge is 0.493 e. The lowest BCUT2D eigenvalue weighted by Gasteiger charge is -2.17. The van der Waals surface area contributed by atoms with Crippen LogP contribution >= 0.6 is 0 Å². The van der Waals surface area contributed by atoms with Crippen molar-refractivity contribution in [3.05, 3.63) is 76.9 Å². The van der Waals surface area contributed by atoms with Crippen molar-refractivity contribution in [2.45, 2.75) is 99.8 Å². The quantitative estimate of drug-likeness (QED) is 0.159. The number of hydrogen-bond acceptors (Lipinski definition) is 2. The van der Waals surface area contributed by atoms with E-state index in [0.717, 1.165) is 53.6 Å². The number of unbranched alkanes of at least 4 members (excludes halogenated alkanes) is 3. The minimum atomic E-state index is 0.723. The van der Waals surface area contributed by atoms with E-state index < -0.39 is 0 Å². The third kappa shape index (κ3) is 11.1. The summed E-state index contributed by atoms with van der Waals surface area (Å²) in [6, 6.07) is 4.23. The highest BCUT2D eigenvalue weighted by Crippen LogP contribution is 2.36. The standard InChI is InChI=1S/C34H52O2/c1-11-13-14-17-27(7)18-15-16-21-36-34-23-29(9)32(24-33(34)35-10)30(12-2)22-28(8)31(26(5)6)20-19-25(3)4/h19-20,22-24,27H,5,8,11-18,21H2,1-4,6-7,9-10H3/b30-22-,31-20+. The first-order valence-electron chi connectivity index (χ1n) is 13.9.